The van der Waals surface area contributed by atoms with Crippen LogP contribution in [0.3, 0.4) is 0 Å². The molecule has 4 heteroatoms. The first-order valence-electron chi connectivity index (χ1n) is 5.21. The van der Waals surface area contributed by atoms with E-state index in [0.29, 0.717) is 22.2 Å². The van der Waals surface area contributed by atoms with Gasteiger partial charge in [-0.2, -0.15) is 0 Å². The van der Waals surface area contributed by atoms with Gasteiger partial charge in [-0.05, 0) is 18.2 Å². The maximum atomic E-state index is 9.60. The van der Waals surface area contributed by atoms with Gasteiger partial charge in [0.2, 0.25) is 0 Å². The Morgan fingerprint density at radius 2 is 2.06 bits per heavy atom. The Labute approximate surface area is 105 Å². The maximum Gasteiger partial charge on any atom is 0.138 e. The van der Waals surface area contributed by atoms with Gasteiger partial charge in [-0.25, -0.2) is 0 Å². The van der Waals surface area contributed by atoms with Gasteiger partial charge < -0.3 is 9.84 Å². The van der Waals surface area contributed by atoms with Crippen LogP contribution in [0.5, 0.6) is 5.75 Å². The molecule has 0 bridgehead atoms. The number of rotatable bonds is 2. The molecule has 0 spiro atoms. The van der Waals surface area contributed by atoms with Gasteiger partial charge in [-0.3, -0.25) is 0 Å². The molecule has 2 atom stereocenters. The molecule has 0 radical (unpaired) electrons. The molecule has 88 valence electrons. The van der Waals surface area contributed by atoms with Crippen LogP contribution in [0.2, 0.25) is 10.0 Å². The van der Waals surface area contributed by atoms with Crippen molar-refractivity contribution in [3.8, 4) is 5.75 Å². The summed E-state index contributed by atoms with van der Waals surface area (Å²) in [5, 5.41) is 10.7. The third-order valence-electron chi connectivity index (χ3n) is 3.29. The fraction of sp³-hybridized carbons (Fsp3) is 0.500. The van der Waals surface area contributed by atoms with E-state index in [-0.39, 0.29) is 17.6 Å². The zero-order valence-electron chi connectivity index (χ0n) is 9.21. The van der Waals surface area contributed by atoms with Crippen molar-refractivity contribution in [3.05, 3.63) is 28.2 Å². The van der Waals surface area contributed by atoms with Crippen LogP contribution in [-0.4, -0.2) is 17.3 Å². The number of hydrogen-bond acceptors (Lipinski definition) is 2. The molecule has 1 N–H and O–H groups in total. The molecule has 1 aliphatic carbocycles. The molecule has 1 saturated carbocycles. The van der Waals surface area contributed by atoms with Gasteiger partial charge in [-0.1, -0.05) is 37.0 Å². The van der Waals surface area contributed by atoms with Crippen LogP contribution >= 0.6 is 23.2 Å². The van der Waals surface area contributed by atoms with Gasteiger partial charge in [0.25, 0.3) is 0 Å². The molecule has 0 saturated heterocycles. The SMILES string of the molecule is CC1(C)C(O)CC1Oc1ccc(Cl)cc1Cl. The minimum absolute atomic E-state index is 0.00109. The lowest BCUT2D eigenvalue weighted by Gasteiger charge is -2.48. The molecule has 0 amide bonds. The van der Waals surface area contributed by atoms with Gasteiger partial charge >= 0.3 is 0 Å². The number of hydrogen-bond donors (Lipinski definition) is 1. The molecule has 0 aliphatic heterocycles. The van der Waals surface area contributed by atoms with Crippen molar-refractivity contribution in [2.24, 2.45) is 5.41 Å². The summed E-state index contributed by atoms with van der Waals surface area (Å²) < 4.78 is 5.77. The minimum Gasteiger partial charge on any atom is -0.488 e. The number of halogens is 2. The summed E-state index contributed by atoms with van der Waals surface area (Å²) in [6, 6.07) is 5.15. The summed E-state index contributed by atoms with van der Waals surface area (Å²) in [6.45, 7) is 3.96. The third-order valence-corrected chi connectivity index (χ3v) is 3.82. The first-order valence-corrected chi connectivity index (χ1v) is 5.96. The van der Waals surface area contributed by atoms with Crippen LogP contribution in [0.4, 0.5) is 0 Å². The number of aliphatic hydroxyl groups excluding tert-OH is 1. The normalized spacial score (nSPS) is 27.3. The highest BCUT2D eigenvalue weighted by Crippen LogP contribution is 2.44. The van der Waals surface area contributed by atoms with E-state index in [0.717, 1.165) is 0 Å². The Morgan fingerprint density at radius 3 is 2.56 bits per heavy atom. The average Bonchev–Trinajstić information content (AvgIpc) is 2.21. The molecule has 2 unspecified atom stereocenters. The molecule has 16 heavy (non-hydrogen) atoms. The predicted octanol–water partition coefficient (Wildman–Crippen LogP) is 3.53. The molecule has 1 aliphatic rings. The van der Waals surface area contributed by atoms with E-state index < -0.39 is 0 Å². The van der Waals surface area contributed by atoms with Gasteiger partial charge in [0, 0.05) is 16.9 Å². The molecule has 0 heterocycles. The minimum atomic E-state index is -0.302. The molecule has 2 rings (SSSR count). The summed E-state index contributed by atoms with van der Waals surface area (Å²) in [7, 11) is 0. The van der Waals surface area contributed by atoms with Crippen LogP contribution in [0, 0.1) is 5.41 Å². The van der Waals surface area contributed by atoms with Crippen molar-refractivity contribution in [2.75, 3.05) is 0 Å². The number of benzene rings is 1. The average molecular weight is 261 g/mol. The van der Waals surface area contributed by atoms with Crippen LogP contribution in [0.25, 0.3) is 0 Å². The van der Waals surface area contributed by atoms with E-state index in [1.807, 2.05) is 13.8 Å². The summed E-state index contributed by atoms with van der Waals surface area (Å²) in [5.74, 6) is 0.621. The lowest BCUT2D eigenvalue weighted by Crippen LogP contribution is -2.56. The monoisotopic (exact) mass is 260 g/mol. The van der Waals surface area contributed by atoms with Gasteiger partial charge in [-0.15, -0.1) is 0 Å². The third kappa shape index (κ3) is 2.02. The van der Waals surface area contributed by atoms with Crippen LogP contribution in [-0.2, 0) is 0 Å². The Balaban J connectivity index is 2.11. The molecule has 1 aromatic rings. The first-order chi connectivity index (χ1) is 7.41. The quantitative estimate of drug-likeness (QED) is 0.882. The summed E-state index contributed by atoms with van der Waals surface area (Å²) in [4.78, 5) is 0. The molecule has 2 nitrogen and oxygen atoms in total. The number of ether oxygens (including phenoxy) is 1. The molecular formula is C12H14Cl2O2. The topological polar surface area (TPSA) is 29.5 Å². The van der Waals surface area contributed by atoms with E-state index in [1.54, 1.807) is 18.2 Å². The van der Waals surface area contributed by atoms with E-state index in [4.69, 9.17) is 27.9 Å². The van der Waals surface area contributed by atoms with E-state index in [1.165, 1.54) is 0 Å². The molecule has 0 aromatic heterocycles. The fourth-order valence-corrected chi connectivity index (χ4v) is 2.24. The highest BCUT2D eigenvalue weighted by Gasteiger charge is 2.49. The van der Waals surface area contributed by atoms with Gasteiger partial charge in [0.15, 0.2) is 0 Å². The van der Waals surface area contributed by atoms with E-state index in [2.05, 4.69) is 0 Å². The second-order valence-corrected chi connectivity index (χ2v) is 5.60. The smallest absolute Gasteiger partial charge is 0.138 e. The van der Waals surface area contributed by atoms with Gasteiger partial charge in [0.05, 0.1) is 11.1 Å². The molecular weight excluding hydrogens is 247 g/mol. The highest BCUT2D eigenvalue weighted by atomic mass is 35.5. The summed E-state index contributed by atoms with van der Waals surface area (Å²) >= 11 is 11.8. The summed E-state index contributed by atoms with van der Waals surface area (Å²) in [6.07, 6.45) is 0.344. The van der Waals surface area contributed by atoms with Crippen molar-refractivity contribution in [2.45, 2.75) is 32.5 Å². The highest BCUT2D eigenvalue weighted by molar-refractivity contribution is 6.35. The Bertz CT molecular complexity index is 404. The lowest BCUT2D eigenvalue weighted by atomic mass is 9.66. The number of aliphatic hydroxyl groups is 1. The second kappa shape index (κ2) is 4.10. The van der Waals surface area contributed by atoms with Crippen molar-refractivity contribution < 1.29 is 9.84 Å². The zero-order chi connectivity index (χ0) is 11.9. The second-order valence-electron chi connectivity index (χ2n) is 4.75. The fourth-order valence-electron chi connectivity index (χ4n) is 1.79. The van der Waals surface area contributed by atoms with Crippen LogP contribution < -0.4 is 4.74 Å². The first kappa shape index (κ1) is 12.0. The van der Waals surface area contributed by atoms with Gasteiger partial charge in [0.1, 0.15) is 11.9 Å². The van der Waals surface area contributed by atoms with Crippen molar-refractivity contribution in [3.63, 3.8) is 0 Å². The largest absolute Gasteiger partial charge is 0.488 e. The van der Waals surface area contributed by atoms with E-state index >= 15 is 0 Å². The lowest BCUT2D eigenvalue weighted by molar-refractivity contribution is -0.134. The standard InChI is InChI=1S/C12H14Cl2O2/c1-12(2)10(15)6-11(12)16-9-4-3-7(13)5-8(9)14/h3-5,10-11,15H,6H2,1-2H3. The Kier molecular flexibility index (Phi) is 3.08. The zero-order valence-corrected chi connectivity index (χ0v) is 10.7. The van der Waals surface area contributed by atoms with Crippen LogP contribution in [0.15, 0.2) is 18.2 Å². The van der Waals surface area contributed by atoms with Crippen molar-refractivity contribution >= 4 is 23.2 Å². The van der Waals surface area contributed by atoms with Crippen molar-refractivity contribution in [1.29, 1.82) is 0 Å². The molecule has 1 aromatic carbocycles. The molecule has 1 fully saturated rings. The van der Waals surface area contributed by atoms with E-state index in [9.17, 15) is 5.11 Å². The Hall–Kier alpha value is -0.440. The van der Waals surface area contributed by atoms with Crippen molar-refractivity contribution in [1.82, 2.24) is 0 Å². The predicted molar refractivity (Wildman–Crippen MR) is 65.3 cm³/mol. The van der Waals surface area contributed by atoms with Crippen LogP contribution in [0.1, 0.15) is 20.3 Å². The summed E-state index contributed by atoms with van der Waals surface area (Å²) in [5.41, 5.74) is -0.219. The Morgan fingerprint density at radius 1 is 1.38 bits per heavy atom. The maximum absolute atomic E-state index is 9.60.